The van der Waals surface area contributed by atoms with E-state index < -0.39 is 0 Å². The van der Waals surface area contributed by atoms with E-state index in [2.05, 4.69) is 4.90 Å². The molecule has 1 saturated heterocycles. The zero-order valence-electron chi connectivity index (χ0n) is 7.36. The molecule has 1 aliphatic heterocycles. The second-order valence-corrected chi connectivity index (χ2v) is 3.77. The molecule has 0 radical (unpaired) electrons. The fourth-order valence-corrected chi connectivity index (χ4v) is 1.86. The molecule has 0 aromatic carbocycles. The van der Waals surface area contributed by atoms with Crippen LogP contribution in [0.1, 0.15) is 19.8 Å². The van der Waals surface area contributed by atoms with Crippen molar-refractivity contribution in [1.29, 1.82) is 0 Å². The average molecular weight is 188 g/mol. The van der Waals surface area contributed by atoms with Gasteiger partial charge in [-0.05, 0) is 26.3 Å². The molecule has 70 valence electrons. The van der Waals surface area contributed by atoms with Crippen molar-refractivity contribution in [2.75, 3.05) is 13.2 Å². The minimum atomic E-state index is 0.125. The summed E-state index contributed by atoms with van der Waals surface area (Å²) in [7, 11) is 0. The highest BCUT2D eigenvalue weighted by molar-refractivity contribution is 7.80. The zero-order chi connectivity index (χ0) is 9.14. The smallest absolute Gasteiger partial charge is 0.0899 e. The Morgan fingerprint density at radius 3 is 3.00 bits per heavy atom. The van der Waals surface area contributed by atoms with E-state index in [1.165, 1.54) is 0 Å². The highest BCUT2D eigenvalue weighted by atomic mass is 32.1. The summed E-state index contributed by atoms with van der Waals surface area (Å²) in [5.74, 6) is 0. The number of aliphatic hydroxyl groups excluding tert-OH is 1. The fraction of sp³-hybridized carbons (Fsp3) is 0.875. The molecule has 0 bridgehead atoms. The lowest BCUT2D eigenvalue weighted by Gasteiger charge is -2.28. The summed E-state index contributed by atoms with van der Waals surface area (Å²) < 4.78 is 0. The molecule has 1 rings (SSSR count). The molecule has 1 heterocycles. The highest BCUT2D eigenvalue weighted by Crippen LogP contribution is 2.19. The van der Waals surface area contributed by atoms with Gasteiger partial charge in [-0.25, -0.2) is 0 Å². The zero-order valence-corrected chi connectivity index (χ0v) is 8.18. The Morgan fingerprint density at radius 2 is 2.50 bits per heavy atom. The van der Waals surface area contributed by atoms with Gasteiger partial charge in [0.1, 0.15) is 0 Å². The van der Waals surface area contributed by atoms with Crippen LogP contribution < -0.4 is 5.73 Å². The summed E-state index contributed by atoms with van der Waals surface area (Å²) >= 11 is 4.91. The van der Waals surface area contributed by atoms with E-state index in [0.717, 1.165) is 19.4 Å². The van der Waals surface area contributed by atoms with Gasteiger partial charge in [0, 0.05) is 6.04 Å². The summed E-state index contributed by atoms with van der Waals surface area (Å²) in [6, 6.07) is 0.390. The van der Waals surface area contributed by atoms with Crippen molar-refractivity contribution in [2.24, 2.45) is 5.73 Å². The Balaban J connectivity index is 2.55. The molecule has 0 aliphatic carbocycles. The minimum Gasteiger partial charge on any atom is -0.395 e. The molecule has 1 unspecified atom stereocenters. The lowest BCUT2D eigenvalue weighted by molar-refractivity contribution is 0.149. The fourth-order valence-electron chi connectivity index (χ4n) is 1.73. The number of hydrogen-bond donors (Lipinski definition) is 2. The third-order valence-electron chi connectivity index (χ3n) is 2.54. The van der Waals surface area contributed by atoms with Crippen molar-refractivity contribution in [2.45, 2.75) is 31.8 Å². The first kappa shape index (κ1) is 9.89. The first-order valence-corrected chi connectivity index (χ1v) is 4.73. The molecule has 0 aromatic rings. The number of nitrogens with zero attached hydrogens (tertiary/aromatic N) is 1. The molecule has 0 saturated carbocycles. The Morgan fingerprint density at radius 1 is 1.83 bits per heavy atom. The van der Waals surface area contributed by atoms with Gasteiger partial charge in [0.15, 0.2) is 0 Å². The first-order valence-electron chi connectivity index (χ1n) is 4.32. The van der Waals surface area contributed by atoms with Crippen LogP contribution in [0, 0.1) is 0 Å². The normalized spacial score (nSPS) is 27.3. The lowest BCUT2D eigenvalue weighted by atomic mass is 10.2. The van der Waals surface area contributed by atoms with Gasteiger partial charge >= 0.3 is 0 Å². The molecule has 2 atom stereocenters. The van der Waals surface area contributed by atoms with Crippen LogP contribution >= 0.6 is 12.2 Å². The van der Waals surface area contributed by atoms with Gasteiger partial charge in [-0.3, -0.25) is 4.90 Å². The standard InChI is InChI=1S/C8H16N2OS/c1-6(8(9)12)10-4-2-3-7(10)5-11/h6-7,11H,2-5H2,1H3,(H2,9,12)/t6?,7-/m0/s1. The van der Waals surface area contributed by atoms with Crippen molar-refractivity contribution >= 4 is 17.2 Å². The van der Waals surface area contributed by atoms with Gasteiger partial charge in [0.2, 0.25) is 0 Å². The Hall–Kier alpha value is -0.190. The number of aliphatic hydroxyl groups is 1. The molecule has 1 aliphatic rings. The Labute approximate surface area is 78.5 Å². The van der Waals surface area contributed by atoms with Gasteiger partial charge in [-0.15, -0.1) is 0 Å². The third-order valence-corrected chi connectivity index (χ3v) is 2.88. The predicted molar refractivity (Wildman–Crippen MR) is 53.1 cm³/mol. The van der Waals surface area contributed by atoms with Gasteiger partial charge in [-0.2, -0.15) is 0 Å². The van der Waals surface area contributed by atoms with Crippen LogP contribution in [-0.2, 0) is 0 Å². The summed E-state index contributed by atoms with van der Waals surface area (Å²) in [5, 5.41) is 9.04. The quantitative estimate of drug-likeness (QED) is 0.618. The van der Waals surface area contributed by atoms with Gasteiger partial charge < -0.3 is 10.8 Å². The van der Waals surface area contributed by atoms with Crippen molar-refractivity contribution in [3.8, 4) is 0 Å². The van der Waals surface area contributed by atoms with Crippen molar-refractivity contribution in [1.82, 2.24) is 4.90 Å². The maximum atomic E-state index is 9.04. The molecular formula is C8H16N2OS. The van der Waals surface area contributed by atoms with Gasteiger partial charge in [-0.1, -0.05) is 12.2 Å². The maximum Gasteiger partial charge on any atom is 0.0899 e. The van der Waals surface area contributed by atoms with Crippen molar-refractivity contribution < 1.29 is 5.11 Å². The van der Waals surface area contributed by atoms with Crippen molar-refractivity contribution in [3.63, 3.8) is 0 Å². The highest BCUT2D eigenvalue weighted by Gasteiger charge is 2.28. The minimum absolute atomic E-state index is 0.125. The van der Waals surface area contributed by atoms with E-state index in [0.29, 0.717) is 4.99 Å². The van der Waals surface area contributed by atoms with E-state index in [1.54, 1.807) is 0 Å². The number of thiocarbonyl (C=S) groups is 1. The third kappa shape index (κ3) is 1.94. The molecule has 3 nitrogen and oxygen atoms in total. The van der Waals surface area contributed by atoms with Crippen LogP contribution in [0.4, 0.5) is 0 Å². The molecule has 0 spiro atoms. The Bertz CT molecular complexity index is 174. The average Bonchev–Trinajstić information content (AvgIpc) is 2.49. The second kappa shape index (κ2) is 4.16. The SMILES string of the molecule is CC(C(N)=S)N1CCC[C@H]1CO. The summed E-state index contributed by atoms with van der Waals surface area (Å²) in [4.78, 5) is 2.71. The summed E-state index contributed by atoms with van der Waals surface area (Å²) in [6.45, 7) is 3.22. The molecule has 1 fully saturated rings. The number of likely N-dealkylation sites (tertiary alicyclic amines) is 1. The number of rotatable bonds is 3. The summed E-state index contributed by atoms with van der Waals surface area (Å²) in [6.07, 6.45) is 2.20. The lowest BCUT2D eigenvalue weighted by Crippen LogP contribution is -2.45. The van der Waals surface area contributed by atoms with Crippen molar-refractivity contribution in [3.05, 3.63) is 0 Å². The molecule has 12 heavy (non-hydrogen) atoms. The maximum absolute atomic E-state index is 9.04. The van der Waals surface area contributed by atoms with E-state index in [9.17, 15) is 0 Å². The monoisotopic (exact) mass is 188 g/mol. The van der Waals surface area contributed by atoms with Crippen LogP contribution in [0.25, 0.3) is 0 Å². The van der Waals surface area contributed by atoms with Gasteiger partial charge in [0.05, 0.1) is 17.6 Å². The van der Waals surface area contributed by atoms with E-state index in [1.807, 2.05) is 6.92 Å². The second-order valence-electron chi connectivity index (χ2n) is 3.29. The molecule has 3 N–H and O–H groups in total. The molecule has 4 heteroatoms. The first-order chi connectivity index (χ1) is 5.66. The van der Waals surface area contributed by atoms with Crippen LogP contribution in [0.5, 0.6) is 0 Å². The van der Waals surface area contributed by atoms with Crippen LogP contribution in [0.3, 0.4) is 0 Å². The van der Waals surface area contributed by atoms with Crippen LogP contribution in [0.2, 0.25) is 0 Å². The topological polar surface area (TPSA) is 49.5 Å². The van der Waals surface area contributed by atoms with Crippen LogP contribution in [-0.4, -0.2) is 40.2 Å². The predicted octanol–water partition coefficient (Wildman–Crippen LogP) is 0.118. The van der Waals surface area contributed by atoms with Crippen LogP contribution in [0.15, 0.2) is 0 Å². The van der Waals surface area contributed by atoms with E-state index >= 15 is 0 Å². The largest absolute Gasteiger partial charge is 0.395 e. The van der Waals surface area contributed by atoms with E-state index in [-0.39, 0.29) is 18.7 Å². The number of nitrogens with two attached hydrogens (primary N) is 1. The number of hydrogen-bond acceptors (Lipinski definition) is 3. The molecule has 0 amide bonds. The molecular weight excluding hydrogens is 172 g/mol. The Kier molecular flexibility index (Phi) is 3.43. The summed E-state index contributed by atoms with van der Waals surface area (Å²) in [5.41, 5.74) is 5.54. The van der Waals surface area contributed by atoms with E-state index in [4.69, 9.17) is 23.1 Å². The molecule has 0 aromatic heterocycles. The van der Waals surface area contributed by atoms with Gasteiger partial charge in [0.25, 0.3) is 0 Å².